The van der Waals surface area contributed by atoms with Crippen LogP contribution in [-0.4, -0.2) is 46.1 Å². The minimum absolute atomic E-state index is 0.00261. The van der Waals surface area contributed by atoms with E-state index in [2.05, 4.69) is 20.1 Å². The zero-order valence-corrected chi connectivity index (χ0v) is 20.0. The molecule has 0 aromatic heterocycles. The van der Waals surface area contributed by atoms with E-state index < -0.39 is 35.5 Å². The van der Waals surface area contributed by atoms with Crippen LogP contribution in [0.25, 0.3) is 0 Å². The Bertz CT molecular complexity index is 962. The van der Waals surface area contributed by atoms with E-state index >= 15 is 0 Å². The Morgan fingerprint density at radius 2 is 1.94 bits per heavy atom. The summed E-state index contributed by atoms with van der Waals surface area (Å²) in [4.78, 5) is 37.2. The number of rotatable bonds is 5. The lowest BCUT2D eigenvalue weighted by atomic mass is 9.45. The molecule has 7 atom stereocenters. The summed E-state index contributed by atoms with van der Waals surface area (Å²) in [7, 11) is 0. The zero-order chi connectivity index (χ0) is 24.3. The van der Waals surface area contributed by atoms with Crippen molar-refractivity contribution in [3.05, 3.63) is 36.0 Å². The normalized spacial score (nSPS) is 42.2. The molecule has 0 aromatic carbocycles. The molecule has 4 rings (SSSR count). The summed E-state index contributed by atoms with van der Waals surface area (Å²) in [5.74, 6) is -1.26. The van der Waals surface area contributed by atoms with E-state index in [1.807, 2.05) is 13.8 Å². The van der Waals surface area contributed by atoms with Crippen LogP contribution in [0.1, 0.15) is 65.7 Å². The van der Waals surface area contributed by atoms with Crippen LogP contribution in [0.4, 0.5) is 0 Å². The topological polar surface area (TPSA) is 101 Å². The lowest BCUT2D eigenvalue weighted by Crippen LogP contribution is -2.62. The third-order valence-corrected chi connectivity index (χ3v) is 9.31. The Kier molecular flexibility index (Phi) is 5.85. The fourth-order valence-electron chi connectivity index (χ4n) is 7.73. The summed E-state index contributed by atoms with van der Waals surface area (Å²) in [6.45, 7) is 13.6. The van der Waals surface area contributed by atoms with E-state index in [0.29, 0.717) is 24.8 Å². The van der Waals surface area contributed by atoms with Crippen LogP contribution in [0, 0.1) is 28.6 Å². The van der Waals surface area contributed by atoms with E-state index in [0.717, 1.165) is 18.4 Å². The number of fused-ring (bicyclic) bond motifs is 5. The third-order valence-electron chi connectivity index (χ3n) is 9.31. The maximum atomic E-state index is 13.3. The molecule has 0 heterocycles. The van der Waals surface area contributed by atoms with Gasteiger partial charge in [-0.3, -0.25) is 14.4 Å². The first-order valence-corrected chi connectivity index (χ1v) is 12.1. The molecule has 0 aliphatic heterocycles. The first kappa shape index (κ1) is 24.1. The molecule has 180 valence electrons. The Hall–Kier alpha value is -2.05. The number of carbonyl (C=O) groups excluding carboxylic acids is 3. The molecule has 0 spiro atoms. The summed E-state index contributed by atoms with van der Waals surface area (Å²) in [5, 5.41) is 23.3. The molecule has 1 unspecified atom stereocenters. The van der Waals surface area contributed by atoms with E-state index in [1.165, 1.54) is 0 Å². The Morgan fingerprint density at radius 3 is 2.61 bits per heavy atom. The SMILES string of the molecule is C=C1C(=C)[C@](O)(C(=O)COC(=O)CCC)[C@@]2(C)CC(O)[C@H]3[C@@H](CCC4=CC(=O)CC[C@@]43C)[C@H]12. The molecule has 0 amide bonds. The highest BCUT2D eigenvalue weighted by Gasteiger charge is 2.71. The molecule has 3 fully saturated rings. The number of Topliss-reactive ketones (excluding diaryl/α,β-unsaturated/α-hetero) is 1. The summed E-state index contributed by atoms with van der Waals surface area (Å²) in [6, 6.07) is 0. The highest BCUT2D eigenvalue weighted by atomic mass is 16.5. The molecule has 6 nitrogen and oxygen atoms in total. The van der Waals surface area contributed by atoms with E-state index in [1.54, 1.807) is 6.08 Å². The van der Waals surface area contributed by atoms with Gasteiger partial charge in [0, 0.05) is 18.3 Å². The molecule has 0 saturated heterocycles. The van der Waals surface area contributed by atoms with Gasteiger partial charge in [0.05, 0.1) is 6.10 Å². The van der Waals surface area contributed by atoms with Crippen LogP contribution in [0.5, 0.6) is 0 Å². The number of aliphatic hydroxyl groups excluding tert-OH is 1. The van der Waals surface area contributed by atoms with E-state index in [9.17, 15) is 24.6 Å². The van der Waals surface area contributed by atoms with Gasteiger partial charge in [-0.1, -0.05) is 39.5 Å². The predicted molar refractivity (Wildman–Crippen MR) is 123 cm³/mol. The van der Waals surface area contributed by atoms with Crippen molar-refractivity contribution in [1.29, 1.82) is 0 Å². The number of hydrogen-bond acceptors (Lipinski definition) is 6. The molecule has 0 aromatic rings. The summed E-state index contributed by atoms with van der Waals surface area (Å²) in [6.07, 6.45) is 4.71. The predicted octanol–water partition coefficient (Wildman–Crippen LogP) is 3.46. The Morgan fingerprint density at radius 1 is 1.24 bits per heavy atom. The smallest absolute Gasteiger partial charge is 0.306 e. The molecule has 6 heteroatoms. The third kappa shape index (κ3) is 3.24. The maximum absolute atomic E-state index is 13.3. The van der Waals surface area contributed by atoms with Gasteiger partial charge in [0.25, 0.3) is 0 Å². The second kappa shape index (κ2) is 8.02. The van der Waals surface area contributed by atoms with Gasteiger partial charge in [-0.2, -0.15) is 0 Å². The van der Waals surface area contributed by atoms with E-state index in [4.69, 9.17) is 4.74 Å². The van der Waals surface area contributed by atoms with Crippen LogP contribution < -0.4 is 0 Å². The molecular weight excluding hydrogens is 420 g/mol. The van der Waals surface area contributed by atoms with Crippen LogP contribution in [0.2, 0.25) is 0 Å². The second-order valence-electron chi connectivity index (χ2n) is 11.0. The van der Waals surface area contributed by atoms with Crippen molar-refractivity contribution in [2.45, 2.75) is 77.4 Å². The van der Waals surface area contributed by atoms with Gasteiger partial charge in [-0.15, -0.1) is 0 Å². The van der Waals surface area contributed by atoms with Gasteiger partial charge >= 0.3 is 5.97 Å². The average Bonchev–Trinajstić information content (AvgIpc) is 2.90. The fourth-order valence-corrected chi connectivity index (χ4v) is 7.73. The number of aliphatic hydroxyl groups is 2. The molecule has 3 saturated carbocycles. The van der Waals surface area contributed by atoms with Crippen molar-refractivity contribution < 1.29 is 29.3 Å². The van der Waals surface area contributed by atoms with Gasteiger partial charge in [0.15, 0.2) is 18.0 Å². The van der Waals surface area contributed by atoms with Gasteiger partial charge in [-0.25, -0.2) is 0 Å². The van der Waals surface area contributed by atoms with Crippen LogP contribution in [0.15, 0.2) is 36.0 Å². The molecule has 0 radical (unpaired) electrons. The molecular formula is C27H36O6. The van der Waals surface area contributed by atoms with Gasteiger partial charge in [-0.05, 0) is 72.5 Å². The first-order chi connectivity index (χ1) is 15.4. The standard InChI is InChI=1S/C27H36O6/c1-6-7-22(31)33-14-21(30)27(32)16(3)15(2)23-19-9-8-17-12-18(28)10-11-25(17,4)24(19)20(29)13-26(23,27)5/h12,19-20,23-24,29,32H,2-3,6-11,13-14H2,1,4-5H3/t19-,20?,23-,24+,25-,26-,27-/m0/s1. The molecule has 2 N–H and O–H groups in total. The van der Waals surface area contributed by atoms with Crippen molar-refractivity contribution in [1.82, 2.24) is 0 Å². The lowest BCUT2D eigenvalue weighted by molar-refractivity contribution is -0.178. The zero-order valence-electron chi connectivity index (χ0n) is 20.0. The van der Waals surface area contributed by atoms with Gasteiger partial charge in [0.2, 0.25) is 5.78 Å². The maximum Gasteiger partial charge on any atom is 0.306 e. The molecule has 4 aliphatic carbocycles. The molecule has 33 heavy (non-hydrogen) atoms. The summed E-state index contributed by atoms with van der Waals surface area (Å²) < 4.78 is 5.14. The monoisotopic (exact) mass is 456 g/mol. The van der Waals surface area contributed by atoms with Crippen molar-refractivity contribution in [2.24, 2.45) is 28.6 Å². The number of esters is 1. The highest BCUT2D eigenvalue weighted by molar-refractivity contribution is 5.96. The van der Waals surface area contributed by atoms with Crippen LogP contribution in [0.3, 0.4) is 0 Å². The Balaban J connectivity index is 1.69. The largest absolute Gasteiger partial charge is 0.458 e. The average molecular weight is 457 g/mol. The van der Waals surface area contributed by atoms with E-state index in [-0.39, 0.29) is 47.4 Å². The minimum atomic E-state index is -1.95. The summed E-state index contributed by atoms with van der Waals surface area (Å²) in [5.41, 5.74) is -1.22. The van der Waals surface area contributed by atoms with Crippen molar-refractivity contribution in [3.63, 3.8) is 0 Å². The Labute approximate surface area is 195 Å². The van der Waals surface area contributed by atoms with Crippen LogP contribution in [-0.2, 0) is 19.1 Å². The number of hydrogen-bond donors (Lipinski definition) is 2. The fraction of sp³-hybridized carbons (Fsp3) is 0.667. The van der Waals surface area contributed by atoms with Crippen molar-refractivity contribution in [2.75, 3.05) is 6.61 Å². The van der Waals surface area contributed by atoms with Crippen molar-refractivity contribution >= 4 is 17.5 Å². The molecule has 0 bridgehead atoms. The second-order valence-corrected chi connectivity index (χ2v) is 11.0. The quantitative estimate of drug-likeness (QED) is 0.615. The summed E-state index contributed by atoms with van der Waals surface area (Å²) >= 11 is 0. The first-order valence-electron chi connectivity index (χ1n) is 12.1. The van der Waals surface area contributed by atoms with Crippen LogP contribution >= 0.6 is 0 Å². The van der Waals surface area contributed by atoms with Crippen molar-refractivity contribution in [3.8, 4) is 0 Å². The highest BCUT2D eigenvalue weighted by Crippen LogP contribution is 2.69. The molecule has 4 aliphatic rings. The van der Waals surface area contributed by atoms with Gasteiger partial charge in [0.1, 0.15) is 0 Å². The number of allylic oxidation sites excluding steroid dienone is 1. The lowest BCUT2D eigenvalue weighted by Gasteiger charge is -2.60. The number of ketones is 2. The van der Waals surface area contributed by atoms with Gasteiger partial charge < -0.3 is 14.9 Å². The number of carbonyl (C=O) groups is 3. The minimum Gasteiger partial charge on any atom is -0.458 e. The number of ether oxygens (including phenoxy) is 1.